The van der Waals surface area contributed by atoms with Crippen molar-refractivity contribution < 1.29 is 9.53 Å². The van der Waals surface area contributed by atoms with Gasteiger partial charge in [0.25, 0.3) is 0 Å². The minimum Gasteiger partial charge on any atom is -0.491 e. The maximum absolute atomic E-state index is 11.5. The van der Waals surface area contributed by atoms with E-state index in [-0.39, 0.29) is 17.9 Å². The molecule has 18 heavy (non-hydrogen) atoms. The molecule has 1 unspecified atom stereocenters. The molecule has 4 nitrogen and oxygen atoms in total. The van der Waals surface area contributed by atoms with Gasteiger partial charge in [-0.1, -0.05) is 12.1 Å². The van der Waals surface area contributed by atoms with Crippen molar-refractivity contribution in [1.29, 1.82) is 0 Å². The van der Waals surface area contributed by atoms with Crippen molar-refractivity contribution in [3.05, 3.63) is 29.8 Å². The summed E-state index contributed by atoms with van der Waals surface area (Å²) < 4.78 is 5.57. The first kappa shape index (κ1) is 14.5. The number of hydrogen-bond acceptors (Lipinski definition) is 3. The van der Waals surface area contributed by atoms with Gasteiger partial charge in [-0.2, -0.15) is 0 Å². The molecule has 0 spiro atoms. The number of ether oxygens (including phenoxy) is 1. The van der Waals surface area contributed by atoms with E-state index in [0.29, 0.717) is 13.0 Å². The topological polar surface area (TPSA) is 64.4 Å². The van der Waals surface area contributed by atoms with E-state index in [1.54, 1.807) is 7.05 Å². The molecule has 1 amide bonds. The predicted molar refractivity (Wildman–Crippen MR) is 72.5 cm³/mol. The summed E-state index contributed by atoms with van der Waals surface area (Å²) in [5.74, 6) is 0.657. The molecular formula is C14H22N2O2. The molecule has 0 aromatic heterocycles. The van der Waals surface area contributed by atoms with Crippen LogP contribution in [0.2, 0.25) is 0 Å². The monoisotopic (exact) mass is 250 g/mol. The van der Waals surface area contributed by atoms with Gasteiger partial charge in [0.05, 0.1) is 12.0 Å². The van der Waals surface area contributed by atoms with Crippen molar-refractivity contribution in [2.45, 2.75) is 26.4 Å². The summed E-state index contributed by atoms with van der Waals surface area (Å²) in [7, 11) is 1.63. The lowest BCUT2D eigenvalue weighted by Gasteiger charge is -2.14. The van der Waals surface area contributed by atoms with Crippen molar-refractivity contribution in [3.8, 4) is 5.75 Å². The largest absolute Gasteiger partial charge is 0.491 e. The maximum Gasteiger partial charge on any atom is 0.224 e. The van der Waals surface area contributed by atoms with Gasteiger partial charge in [-0.25, -0.2) is 0 Å². The number of rotatable bonds is 6. The molecule has 4 heteroatoms. The van der Waals surface area contributed by atoms with Gasteiger partial charge in [-0.15, -0.1) is 0 Å². The summed E-state index contributed by atoms with van der Waals surface area (Å²) in [4.78, 5) is 11.5. The third-order valence-electron chi connectivity index (χ3n) is 2.68. The van der Waals surface area contributed by atoms with E-state index in [4.69, 9.17) is 10.5 Å². The van der Waals surface area contributed by atoms with Crippen molar-refractivity contribution in [2.24, 2.45) is 11.7 Å². The standard InChI is InChI=1S/C14H22N2O2/c1-10(2)18-13-6-4-11(5-7-13)8-12(9-15)14(17)16-3/h4-7,10,12H,8-9,15H2,1-3H3,(H,16,17). The van der Waals surface area contributed by atoms with E-state index in [2.05, 4.69) is 5.32 Å². The second kappa shape index (κ2) is 7.01. The van der Waals surface area contributed by atoms with E-state index in [1.165, 1.54) is 0 Å². The van der Waals surface area contributed by atoms with Crippen molar-refractivity contribution in [1.82, 2.24) is 5.32 Å². The van der Waals surface area contributed by atoms with Gasteiger partial charge in [0.15, 0.2) is 0 Å². The van der Waals surface area contributed by atoms with Gasteiger partial charge in [0.1, 0.15) is 5.75 Å². The van der Waals surface area contributed by atoms with Crippen LogP contribution < -0.4 is 15.8 Å². The first-order valence-corrected chi connectivity index (χ1v) is 6.24. The van der Waals surface area contributed by atoms with E-state index < -0.39 is 0 Å². The molecule has 3 N–H and O–H groups in total. The lowest BCUT2D eigenvalue weighted by molar-refractivity contribution is -0.124. The van der Waals surface area contributed by atoms with Crippen LogP contribution in [0.25, 0.3) is 0 Å². The summed E-state index contributed by atoms with van der Waals surface area (Å²) in [6.45, 7) is 4.33. The molecule has 0 heterocycles. The van der Waals surface area contributed by atoms with Crippen LogP contribution in [0.3, 0.4) is 0 Å². The first-order valence-electron chi connectivity index (χ1n) is 6.24. The molecule has 0 bridgehead atoms. The summed E-state index contributed by atoms with van der Waals surface area (Å²) >= 11 is 0. The van der Waals surface area contributed by atoms with Crippen molar-refractivity contribution >= 4 is 5.91 Å². The highest BCUT2D eigenvalue weighted by Gasteiger charge is 2.15. The second-order valence-corrected chi connectivity index (χ2v) is 4.56. The Morgan fingerprint density at radius 2 is 1.94 bits per heavy atom. The normalized spacial score (nSPS) is 12.3. The third kappa shape index (κ3) is 4.37. The summed E-state index contributed by atoms with van der Waals surface area (Å²) in [6.07, 6.45) is 0.816. The molecule has 1 atom stereocenters. The Kier molecular flexibility index (Phi) is 5.65. The fourth-order valence-electron chi connectivity index (χ4n) is 1.75. The number of nitrogens with one attached hydrogen (secondary N) is 1. The van der Waals surface area contributed by atoms with Gasteiger partial charge >= 0.3 is 0 Å². The lowest BCUT2D eigenvalue weighted by Crippen LogP contribution is -2.34. The van der Waals surface area contributed by atoms with Gasteiger partial charge in [0.2, 0.25) is 5.91 Å². The average molecular weight is 250 g/mol. The minimum absolute atomic E-state index is 0.0139. The molecule has 0 saturated heterocycles. The van der Waals surface area contributed by atoms with Crippen molar-refractivity contribution in [3.63, 3.8) is 0 Å². The SMILES string of the molecule is CNC(=O)C(CN)Cc1ccc(OC(C)C)cc1. The van der Waals surface area contributed by atoms with Crippen LogP contribution in [0.1, 0.15) is 19.4 Å². The van der Waals surface area contributed by atoms with Crippen LogP contribution in [-0.2, 0) is 11.2 Å². The van der Waals surface area contributed by atoms with Crippen LogP contribution >= 0.6 is 0 Å². The van der Waals surface area contributed by atoms with Crippen LogP contribution in [0.4, 0.5) is 0 Å². The first-order chi connectivity index (χ1) is 8.56. The molecule has 1 aromatic carbocycles. The van der Waals surface area contributed by atoms with Gasteiger partial charge in [0, 0.05) is 13.6 Å². The number of amides is 1. The predicted octanol–water partition coefficient (Wildman–Crippen LogP) is 1.34. The quantitative estimate of drug-likeness (QED) is 0.800. The van der Waals surface area contributed by atoms with Crippen LogP contribution in [0, 0.1) is 5.92 Å². The molecule has 100 valence electrons. The van der Waals surface area contributed by atoms with E-state index >= 15 is 0 Å². The molecule has 0 aliphatic carbocycles. The number of carbonyl (C=O) groups excluding carboxylic acids is 1. The second-order valence-electron chi connectivity index (χ2n) is 4.56. The Hall–Kier alpha value is -1.55. The maximum atomic E-state index is 11.5. The zero-order valence-electron chi connectivity index (χ0n) is 11.3. The number of benzene rings is 1. The Morgan fingerprint density at radius 1 is 1.33 bits per heavy atom. The van der Waals surface area contributed by atoms with Gasteiger partial charge in [-0.3, -0.25) is 4.79 Å². The molecule has 0 fully saturated rings. The molecule has 0 aliphatic heterocycles. The molecule has 1 rings (SSSR count). The van der Waals surface area contributed by atoms with Gasteiger partial charge < -0.3 is 15.8 Å². The van der Waals surface area contributed by atoms with Crippen LogP contribution in [0.15, 0.2) is 24.3 Å². The highest BCUT2D eigenvalue weighted by molar-refractivity contribution is 5.78. The summed E-state index contributed by atoms with van der Waals surface area (Å²) in [6, 6.07) is 7.80. The Bertz CT molecular complexity index is 374. The molecule has 0 aliphatic rings. The van der Waals surface area contributed by atoms with Crippen LogP contribution in [-0.4, -0.2) is 25.6 Å². The summed E-state index contributed by atoms with van der Waals surface area (Å²) in [5, 5.41) is 2.63. The molecule has 0 saturated carbocycles. The highest BCUT2D eigenvalue weighted by Crippen LogP contribution is 2.16. The minimum atomic E-state index is -0.174. The van der Waals surface area contributed by atoms with E-state index in [9.17, 15) is 4.79 Å². The van der Waals surface area contributed by atoms with Crippen molar-refractivity contribution in [2.75, 3.05) is 13.6 Å². The Morgan fingerprint density at radius 3 is 2.39 bits per heavy atom. The Balaban J connectivity index is 2.64. The zero-order chi connectivity index (χ0) is 13.5. The lowest BCUT2D eigenvalue weighted by atomic mass is 9.98. The zero-order valence-corrected chi connectivity index (χ0v) is 11.3. The van der Waals surface area contributed by atoms with E-state index in [1.807, 2.05) is 38.1 Å². The number of carbonyl (C=O) groups is 1. The highest BCUT2D eigenvalue weighted by atomic mass is 16.5. The molecule has 0 radical (unpaired) electrons. The smallest absolute Gasteiger partial charge is 0.224 e. The van der Waals surface area contributed by atoms with Gasteiger partial charge in [-0.05, 0) is 38.0 Å². The average Bonchev–Trinajstić information content (AvgIpc) is 2.36. The fraction of sp³-hybridized carbons (Fsp3) is 0.500. The fourth-order valence-corrected chi connectivity index (χ4v) is 1.75. The molecular weight excluding hydrogens is 228 g/mol. The number of hydrogen-bond donors (Lipinski definition) is 2. The Labute approximate surface area is 109 Å². The van der Waals surface area contributed by atoms with Crippen LogP contribution in [0.5, 0.6) is 5.75 Å². The third-order valence-corrected chi connectivity index (χ3v) is 2.68. The van der Waals surface area contributed by atoms with E-state index in [0.717, 1.165) is 11.3 Å². The molecule has 1 aromatic rings. The summed E-state index contributed by atoms with van der Waals surface area (Å²) in [5.41, 5.74) is 6.70. The number of nitrogens with two attached hydrogens (primary N) is 1.